The second-order valence-corrected chi connectivity index (χ2v) is 11.4. The molecule has 0 saturated heterocycles. The molecule has 0 aromatic rings. The van der Waals surface area contributed by atoms with E-state index >= 15 is 0 Å². The van der Waals surface area contributed by atoms with Gasteiger partial charge in [-0.1, -0.05) is 77.9 Å². The SMILES string of the molecule is C/C=C/CCl.C1CCC(P(C2CCCCC2)C2CCCCC2)CC1.[Pd]. The molecular weight excluding hydrogens is 437 g/mol. The van der Waals surface area contributed by atoms with Gasteiger partial charge >= 0.3 is 0 Å². The Morgan fingerprint density at radius 2 is 1.00 bits per heavy atom. The van der Waals surface area contributed by atoms with Crippen molar-refractivity contribution in [1.29, 1.82) is 0 Å². The smallest absolute Gasteiger partial charge is 0.0404 e. The van der Waals surface area contributed by atoms with Crippen LogP contribution in [-0.2, 0) is 20.4 Å². The van der Waals surface area contributed by atoms with Crippen LogP contribution in [0.15, 0.2) is 12.2 Å². The van der Waals surface area contributed by atoms with E-state index in [1.807, 2.05) is 19.1 Å². The summed E-state index contributed by atoms with van der Waals surface area (Å²) in [4.78, 5) is 0. The minimum absolute atomic E-state index is 0. The van der Waals surface area contributed by atoms with Gasteiger partial charge in [0.2, 0.25) is 0 Å². The summed E-state index contributed by atoms with van der Waals surface area (Å²) in [6.45, 7) is 1.95. The van der Waals surface area contributed by atoms with Crippen molar-refractivity contribution in [2.24, 2.45) is 0 Å². The molecule has 0 aromatic heterocycles. The molecule has 3 heteroatoms. The first-order valence-corrected chi connectivity index (χ1v) is 12.9. The maximum atomic E-state index is 5.21. The molecule has 3 aliphatic rings. The van der Waals surface area contributed by atoms with Gasteiger partial charge in [0.1, 0.15) is 0 Å². The van der Waals surface area contributed by atoms with Gasteiger partial charge in [-0.25, -0.2) is 0 Å². The summed E-state index contributed by atoms with van der Waals surface area (Å²) in [7, 11) is 0.385. The largest absolute Gasteiger partial charge is 0.122 e. The molecular formula is C22H40ClPPd. The average Bonchev–Trinajstić information content (AvgIpc) is 2.66. The normalized spacial score (nSPS) is 24.0. The fourth-order valence-corrected chi connectivity index (χ4v) is 9.97. The quantitative estimate of drug-likeness (QED) is 0.166. The second-order valence-electron chi connectivity index (χ2n) is 8.05. The van der Waals surface area contributed by atoms with Gasteiger partial charge in [0, 0.05) is 26.3 Å². The molecule has 3 saturated carbocycles. The molecule has 0 radical (unpaired) electrons. The zero-order valence-corrected chi connectivity index (χ0v) is 19.5. The third-order valence-electron chi connectivity index (χ3n) is 6.31. The molecule has 3 rings (SSSR count). The van der Waals surface area contributed by atoms with E-state index in [-0.39, 0.29) is 20.4 Å². The van der Waals surface area contributed by atoms with Crippen molar-refractivity contribution < 1.29 is 20.4 Å². The van der Waals surface area contributed by atoms with Gasteiger partial charge in [-0.3, -0.25) is 0 Å². The van der Waals surface area contributed by atoms with Crippen molar-refractivity contribution in [1.82, 2.24) is 0 Å². The van der Waals surface area contributed by atoms with Crippen LogP contribution in [0.5, 0.6) is 0 Å². The van der Waals surface area contributed by atoms with E-state index in [0.717, 1.165) is 0 Å². The van der Waals surface area contributed by atoms with Gasteiger partial charge in [0.25, 0.3) is 0 Å². The molecule has 0 N–H and O–H groups in total. The topological polar surface area (TPSA) is 0 Å². The van der Waals surface area contributed by atoms with E-state index in [9.17, 15) is 0 Å². The maximum Gasteiger partial charge on any atom is 0.0404 e. The van der Waals surface area contributed by atoms with E-state index in [4.69, 9.17) is 11.6 Å². The van der Waals surface area contributed by atoms with Gasteiger partial charge in [-0.15, -0.1) is 11.6 Å². The van der Waals surface area contributed by atoms with Crippen molar-refractivity contribution in [2.75, 3.05) is 5.88 Å². The third kappa shape index (κ3) is 8.78. The van der Waals surface area contributed by atoms with Crippen LogP contribution in [-0.4, -0.2) is 22.9 Å². The van der Waals surface area contributed by atoms with Crippen molar-refractivity contribution in [3.05, 3.63) is 12.2 Å². The Balaban J connectivity index is 0.000000462. The van der Waals surface area contributed by atoms with Crippen LogP contribution in [0, 0.1) is 0 Å². The van der Waals surface area contributed by atoms with Crippen LogP contribution in [0.2, 0.25) is 0 Å². The van der Waals surface area contributed by atoms with Crippen LogP contribution in [0.3, 0.4) is 0 Å². The summed E-state index contributed by atoms with van der Waals surface area (Å²) >= 11 is 5.21. The second kappa shape index (κ2) is 15.1. The molecule has 150 valence electrons. The number of allylic oxidation sites excluding steroid dienone is 2. The first-order chi connectivity index (χ1) is 11.9. The molecule has 0 nitrogen and oxygen atoms in total. The van der Waals surface area contributed by atoms with Gasteiger partial charge in [-0.05, 0) is 62.4 Å². The molecule has 3 aliphatic carbocycles. The predicted molar refractivity (Wildman–Crippen MR) is 113 cm³/mol. The minimum Gasteiger partial charge on any atom is -0.122 e. The van der Waals surface area contributed by atoms with E-state index < -0.39 is 0 Å². The number of halogens is 1. The Morgan fingerprint density at radius 1 is 0.680 bits per heavy atom. The number of hydrogen-bond donors (Lipinski definition) is 0. The minimum atomic E-state index is 0. The van der Waals surface area contributed by atoms with E-state index in [1.165, 1.54) is 36.2 Å². The zero-order chi connectivity index (χ0) is 17.0. The van der Waals surface area contributed by atoms with E-state index in [0.29, 0.717) is 13.8 Å². The van der Waals surface area contributed by atoms with Crippen LogP contribution in [0.25, 0.3) is 0 Å². The molecule has 0 atom stereocenters. The first kappa shape index (κ1) is 24.2. The Labute approximate surface area is 177 Å². The Bertz CT molecular complexity index is 286. The van der Waals surface area contributed by atoms with Crippen LogP contribution in [0.4, 0.5) is 0 Å². The molecule has 0 amide bonds. The molecule has 0 aliphatic heterocycles. The summed E-state index contributed by atoms with van der Waals surface area (Å²) < 4.78 is 0. The van der Waals surface area contributed by atoms with Crippen LogP contribution in [0.1, 0.15) is 103 Å². The number of alkyl halides is 1. The average molecular weight is 477 g/mol. The monoisotopic (exact) mass is 476 g/mol. The molecule has 0 heterocycles. The molecule has 0 bridgehead atoms. The van der Waals surface area contributed by atoms with Gasteiger partial charge in [0.05, 0.1) is 0 Å². The summed E-state index contributed by atoms with van der Waals surface area (Å²) in [6.07, 6.45) is 27.4. The molecule has 25 heavy (non-hydrogen) atoms. The molecule has 0 unspecified atom stereocenters. The summed E-state index contributed by atoms with van der Waals surface area (Å²) in [5, 5.41) is 0. The van der Waals surface area contributed by atoms with E-state index in [2.05, 4.69) is 0 Å². The van der Waals surface area contributed by atoms with Gasteiger partial charge in [0.15, 0.2) is 0 Å². The maximum absolute atomic E-state index is 5.21. The fraction of sp³-hybridized carbons (Fsp3) is 0.909. The Morgan fingerprint density at radius 3 is 1.20 bits per heavy atom. The number of hydrogen-bond acceptors (Lipinski definition) is 0. The van der Waals surface area contributed by atoms with Crippen molar-refractivity contribution >= 4 is 19.5 Å². The van der Waals surface area contributed by atoms with Crippen molar-refractivity contribution in [3.8, 4) is 0 Å². The van der Waals surface area contributed by atoms with Crippen LogP contribution < -0.4 is 0 Å². The van der Waals surface area contributed by atoms with Crippen molar-refractivity contribution in [3.63, 3.8) is 0 Å². The van der Waals surface area contributed by atoms with Gasteiger partial charge < -0.3 is 0 Å². The molecule has 3 fully saturated rings. The number of rotatable bonds is 4. The van der Waals surface area contributed by atoms with E-state index in [1.54, 1.807) is 77.0 Å². The molecule has 0 spiro atoms. The molecule has 0 aromatic carbocycles. The summed E-state index contributed by atoms with van der Waals surface area (Å²) in [5.74, 6) is 0.635. The Kier molecular flexibility index (Phi) is 14.6. The third-order valence-corrected chi connectivity index (χ3v) is 10.6. The zero-order valence-electron chi connectivity index (χ0n) is 16.3. The Hall–Kier alpha value is 1.12. The van der Waals surface area contributed by atoms with Crippen molar-refractivity contribution in [2.45, 2.75) is 120 Å². The summed E-state index contributed by atoms with van der Waals surface area (Å²) in [6, 6.07) is 0. The van der Waals surface area contributed by atoms with Crippen LogP contribution >= 0.6 is 19.5 Å². The first-order valence-electron chi connectivity index (χ1n) is 10.8. The fourth-order valence-electron chi connectivity index (χ4n) is 5.12. The standard InChI is InChI=1S/C18H33P.C4H7Cl.Pd/c1-4-10-16(11-5-1)19(17-12-6-2-7-13-17)18-14-8-3-9-15-18;1-2-3-4-5;/h16-18H,1-15H2;2-3H,4H2,1H3;/b;3-2+;. The van der Waals surface area contributed by atoms with Gasteiger partial charge in [-0.2, -0.15) is 0 Å². The summed E-state index contributed by atoms with van der Waals surface area (Å²) in [5.41, 5.74) is 3.57. The predicted octanol–water partition coefficient (Wildman–Crippen LogP) is 8.27.